The van der Waals surface area contributed by atoms with E-state index >= 15 is 0 Å². The van der Waals surface area contributed by atoms with Gasteiger partial charge >= 0.3 is 0 Å². The van der Waals surface area contributed by atoms with Crippen LogP contribution in [-0.2, 0) is 4.79 Å². The van der Waals surface area contributed by atoms with Crippen LogP contribution in [0.15, 0.2) is 51.8 Å². The summed E-state index contributed by atoms with van der Waals surface area (Å²) in [5.74, 6) is -1.24. The number of carbonyl (C=O) groups excluding carboxylic acids is 3. The van der Waals surface area contributed by atoms with Gasteiger partial charge in [0.05, 0.1) is 15.5 Å². The van der Waals surface area contributed by atoms with E-state index in [2.05, 4.69) is 21.2 Å². The molecule has 1 aliphatic rings. The van der Waals surface area contributed by atoms with E-state index in [0.29, 0.717) is 20.6 Å². The molecule has 0 radical (unpaired) electrons. The third-order valence-corrected chi connectivity index (χ3v) is 5.57. The van der Waals surface area contributed by atoms with Gasteiger partial charge in [-0.15, -0.1) is 0 Å². The number of hydrogen-bond acceptors (Lipinski definition) is 4. The van der Waals surface area contributed by atoms with Gasteiger partial charge in [0.1, 0.15) is 5.82 Å². The van der Waals surface area contributed by atoms with Gasteiger partial charge in [-0.2, -0.15) is 0 Å². The van der Waals surface area contributed by atoms with Gasteiger partial charge in [0.25, 0.3) is 17.1 Å². The Morgan fingerprint density at radius 2 is 1.93 bits per heavy atom. The van der Waals surface area contributed by atoms with Crippen molar-refractivity contribution < 1.29 is 18.8 Å². The number of benzene rings is 2. The Hall–Kier alpha value is -2.16. The predicted molar refractivity (Wildman–Crippen MR) is 111 cm³/mol. The first-order valence-corrected chi connectivity index (χ1v) is 10.1. The van der Waals surface area contributed by atoms with Crippen LogP contribution in [0.3, 0.4) is 0 Å². The standard InChI is InChI=1S/C19H13BrClFN2O3S/c20-12-3-6-15(21)14(10-12)17(25)23-7-8-24-18(26)16(28-19(24)27)9-11-1-4-13(22)5-2-11/h1-6,9-10H,7-8H2,(H,23,25)/b16-9+. The fourth-order valence-corrected chi connectivity index (χ4v) is 3.88. The zero-order valence-electron chi connectivity index (χ0n) is 14.2. The number of nitrogens with zero attached hydrogens (tertiary/aromatic N) is 1. The summed E-state index contributed by atoms with van der Waals surface area (Å²) in [5.41, 5.74) is 0.908. The van der Waals surface area contributed by atoms with Crippen LogP contribution in [0.5, 0.6) is 0 Å². The van der Waals surface area contributed by atoms with Crippen LogP contribution < -0.4 is 5.32 Å². The topological polar surface area (TPSA) is 66.5 Å². The average Bonchev–Trinajstić information content (AvgIpc) is 2.92. The number of carbonyl (C=O) groups is 3. The first-order chi connectivity index (χ1) is 13.3. The molecule has 5 nitrogen and oxygen atoms in total. The van der Waals surface area contributed by atoms with E-state index < -0.39 is 17.1 Å². The molecule has 2 aromatic carbocycles. The van der Waals surface area contributed by atoms with Gasteiger partial charge in [0, 0.05) is 17.6 Å². The molecule has 144 valence electrons. The number of hydrogen-bond donors (Lipinski definition) is 1. The van der Waals surface area contributed by atoms with Gasteiger partial charge in [0.15, 0.2) is 0 Å². The Labute approximate surface area is 178 Å². The number of amides is 3. The largest absolute Gasteiger partial charge is 0.350 e. The Morgan fingerprint density at radius 1 is 1.21 bits per heavy atom. The maximum absolute atomic E-state index is 13.0. The quantitative estimate of drug-likeness (QED) is 0.626. The fraction of sp³-hybridized carbons (Fsp3) is 0.105. The molecule has 2 aromatic rings. The molecule has 0 saturated carbocycles. The van der Waals surface area contributed by atoms with E-state index in [0.717, 1.165) is 16.7 Å². The molecule has 0 spiro atoms. The molecule has 1 aliphatic heterocycles. The minimum atomic E-state index is -0.450. The van der Waals surface area contributed by atoms with Crippen molar-refractivity contribution in [2.75, 3.05) is 13.1 Å². The lowest BCUT2D eigenvalue weighted by Gasteiger charge is -2.13. The van der Waals surface area contributed by atoms with Gasteiger partial charge in [-0.3, -0.25) is 19.3 Å². The van der Waals surface area contributed by atoms with Gasteiger partial charge in [-0.25, -0.2) is 4.39 Å². The van der Waals surface area contributed by atoms with Gasteiger partial charge in [0.2, 0.25) is 0 Å². The smallest absolute Gasteiger partial charge is 0.293 e. The summed E-state index contributed by atoms with van der Waals surface area (Å²) in [6, 6.07) is 10.5. The summed E-state index contributed by atoms with van der Waals surface area (Å²) >= 11 is 10.1. The number of imide groups is 1. The third-order valence-electron chi connectivity index (χ3n) is 3.84. The van der Waals surface area contributed by atoms with Crippen molar-refractivity contribution in [3.8, 4) is 0 Å². The number of halogens is 3. The maximum Gasteiger partial charge on any atom is 0.293 e. The molecular weight excluding hydrogens is 471 g/mol. The molecule has 1 heterocycles. The second-order valence-electron chi connectivity index (χ2n) is 5.76. The summed E-state index contributed by atoms with van der Waals surface area (Å²) in [4.78, 5) is 38.1. The molecule has 0 bridgehead atoms. The lowest BCUT2D eigenvalue weighted by atomic mass is 10.2. The predicted octanol–water partition coefficient (Wildman–Crippen LogP) is 4.71. The molecule has 28 heavy (non-hydrogen) atoms. The van der Waals surface area contributed by atoms with Crippen LogP contribution in [0.1, 0.15) is 15.9 Å². The average molecular weight is 484 g/mol. The SMILES string of the molecule is O=C(NCCN1C(=O)S/C(=C/c2ccc(F)cc2)C1=O)c1cc(Br)ccc1Cl. The molecule has 1 N–H and O–H groups in total. The second kappa shape index (κ2) is 8.89. The van der Waals surface area contributed by atoms with Crippen molar-refractivity contribution in [1.82, 2.24) is 10.2 Å². The Morgan fingerprint density at radius 3 is 2.64 bits per heavy atom. The van der Waals surface area contributed by atoms with Crippen LogP contribution in [0, 0.1) is 5.82 Å². The van der Waals surface area contributed by atoms with Crippen molar-refractivity contribution in [3.05, 3.63) is 73.8 Å². The van der Waals surface area contributed by atoms with Gasteiger partial charge in [-0.1, -0.05) is 39.7 Å². The summed E-state index contributed by atoms with van der Waals surface area (Å²) in [5, 5.41) is 2.52. The number of nitrogens with one attached hydrogen (secondary N) is 1. The number of rotatable bonds is 5. The van der Waals surface area contributed by atoms with Crippen LogP contribution in [0.4, 0.5) is 9.18 Å². The highest BCUT2D eigenvalue weighted by molar-refractivity contribution is 9.10. The van der Waals surface area contributed by atoms with Crippen molar-refractivity contribution in [1.29, 1.82) is 0 Å². The first-order valence-electron chi connectivity index (χ1n) is 8.09. The zero-order valence-corrected chi connectivity index (χ0v) is 17.4. The maximum atomic E-state index is 13.0. The zero-order chi connectivity index (χ0) is 20.3. The molecule has 0 aliphatic carbocycles. The molecule has 9 heteroatoms. The fourth-order valence-electron chi connectivity index (χ4n) is 2.45. The van der Waals surface area contributed by atoms with Crippen molar-refractivity contribution in [2.24, 2.45) is 0 Å². The van der Waals surface area contributed by atoms with Crippen molar-refractivity contribution >= 4 is 62.4 Å². The molecule has 3 amide bonds. The first kappa shape index (κ1) is 20.6. The Balaban J connectivity index is 1.61. The van der Waals surface area contributed by atoms with E-state index in [-0.39, 0.29) is 23.8 Å². The van der Waals surface area contributed by atoms with E-state index in [9.17, 15) is 18.8 Å². The monoisotopic (exact) mass is 482 g/mol. The molecule has 3 rings (SSSR count). The third kappa shape index (κ3) is 4.81. The second-order valence-corrected chi connectivity index (χ2v) is 8.08. The van der Waals surface area contributed by atoms with E-state index in [1.807, 2.05) is 0 Å². The highest BCUT2D eigenvalue weighted by atomic mass is 79.9. The van der Waals surface area contributed by atoms with Crippen LogP contribution in [0.25, 0.3) is 6.08 Å². The normalized spacial score (nSPS) is 15.4. The summed E-state index contributed by atoms with van der Waals surface area (Å²) in [6.45, 7) is 0.117. The van der Waals surface area contributed by atoms with Crippen LogP contribution in [0.2, 0.25) is 5.02 Å². The van der Waals surface area contributed by atoms with Gasteiger partial charge < -0.3 is 5.32 Å². The summed E-state index contributed by atoms with van der Waals surface area (Å²) in [6.07, 6.45) is 1.53. The van der Waals surface area contributed by atoms with E-state index in [4.69, 9.17) is 11.6 Å². The molecule has 0 aromatic heterocycles. The Kier molecular flexibility index (Phi) is 6.53. The van der Waals surface area contributed by atoms with Crippen molar-refractivity contribution in [3.63, 3.8) is 0 Å². The van der Waals surface area contributed by atoms with Crippen LogP contribution >= 0.6 is 39.3 Å². The molecule has 0 unspecified atom stereocenters. The lowest BCUT2D eigenvalue weighted by Crippen LogP contribution is -2.37. The van der Waals surface area contributed by atoms with Crippen molar-refractivity contribution in [2.45, 2.75) is 0 Å². The highest BCUT2D eigenvalue weighted by Gasteiger charge is 2.34. The van der Waals surface area contributed by atoms with Gasteiger partial charge in [-0.05, 0) is 53.7 Å². The Bertz CT molecular complexity index is 982. The van der Waals surface area contributed by atoms with Crippen LogP contribution in [-0.4, -0.2) is 35.0 Å². The lowest BCUT2D eigenvalue weighted by molar-refractivity contribution is -0.122. The molecule has 1 saturated heterocycles. The summed E-state index contributed by atoms with van der Waals surface area (Å²) < 4.78 is 13.7. The summed E-state index contributed by atoms with van der Waals surface area (Å²) in [7, 11) is 0. The molecule has 1 fully saturated rings. The van der Waals surface area contributed by atoms with E-state index in [1.54, 1.807) is 18.2 Å². The van der Waals surface area contributed by atoms with E-state index in [1.165, 1.54) is 30.3 Å². The number of thioether (sulfide) groups is 1. The molecule has 0 atom stereocenters. The highest BCUT2D eigenvalue weighted by Crippen LogP contribution is 2.32. The minimum absolute atomic E-state index is 0.0305. The molecular formula is C19H13BrClFN2O3S. The minimum Gasteiger partial charge on any atom is -0.350 e.